The minimum absolute atomic E-state index is 0.448. The van der Waals surface area contributed by atoms with Crippen molar-refractivity contribution in [2.45, 2.75) is 26.3 Å². The van der Waals surface area contributed by atoms with Gasteiger partial charge >= 0.3 is 0 Å². The smallest absolute Gasteiger partial charge is 0.128 e. The molecule has 1 atom stereocenters. The van der Waals surface area contributed by atoms with Gasteiger partial charge in [-0.3, -0.25) is 0 Å². The molecule has 4 heteroatoms. The predicted molar refractivity (Wildman–Crippen MR) is 68.2 cm³/mol. The van der Waals surface area contributed by atoms with Crippen molar-refractivity contribution in [1.29, 1.82) is 0 Å². The number of methoxy groups -OCH3 is 1. The van der Waals surface area contributed by atoms with Crippen molar-refractivity contribution in [2.75, 3.05) is 25.2 Å². The van der Waals surface area contributed by atoms with Crippen LogP contribution in [0.15, 0.2) is 18.3 Å². The number of halogens is 1. The van der Waals surface area contributed by atoms with Gasteiger partial charge in [-0.15, -0.1) is 0 Å². The second kappa shape index (κ2) is 6.71. The molecular weight excluding hydrogens is 224 g/mol. The number of ether oxygens (including phenoxy) is 1. The number of hydrogen-bond donors (Lipinski definition) is 0. The molecule has 0 fully saturated rings. The van der Waals surface area contributed by atoms with Gasteiger partial charge in [-0.05, 0) is 25.5 Å². The van der Waals surface area contributed by atoms with Gasteiger partial charge in [-0.25, -0.2) is 4.98 Å². The van der Waals surface area contributed by atoms with E-state index in [4.69, 9.17) is 16.3 Å². The van der Waals surface area contributed by atoms with E-state index in [1.54, 1.807) is 13.3 Å². The first-order valence-corrected chi connectivity index (χ1v) is 5.94. The van der Waals surface area contributed by atoms with Crippen LogP contribution in [0.3, 0.4) is 0 Å². The molecular formula is C12H19ClN2O. The Kier molecular flexibility index (Phi) is 5.56. The standard InChI is InChI=1S/C12H19ClN2O/c1-4-10(2)15(7-8-16-3)12-6-5-11(13)9-14-12/h5-6,9-10H,4,7-8H2,1-3H3. The molecule has 0 N–H and O–H groups in total. The van der Waals surface area contributed by atoms with Crippen molar-refractivity contribution in [2.24, 2.45) is 0 Å². The topological polar surface area (TPSA) is 25.4 Å². The molecule has 0 aliphatic heterocycles. The zero-order valence-corrected chi connectivity index (χ0v) is 10.9. The molecule has 0 radical (unpaired) electrons. The van der Waals surface area contributed by atoms with Crippen LogP contribution in [-0.2, 0) is 4.74 Å². The summed E-state index contributed by atoms with van der Waals surface area (Å²) in [5.41, 5.74) is 0. The Morgan fingerprint density at radius 2 is 2.25 bits per heavy atom. The third-order valence-electron chi connectivity index (χ3n) is 2.67. The molecule has 0 aromatic carbocycles. The quantitative estimate of drug-likeness (QED) is 0.767. The van der Waals surface area contributed by atoms with Crippen LogP contribution in [-0.4, -0.2) is 31.3 Å². The average molecular weight is 243 g/mol. The molecule has 1 heterocycles. The normalized spacial score (nSPS) is 12.5. The summed E-state index contributed by atoms with van der Waals surface area (Å²) in [5.74, 6) is 0.954. The minimum atomic E-state index is 0.448. The molecule has 0 saturated carbocycles. The number of pyridine rings is 1. The van der Waals surface area contributed by atoms with Crippen molar-refractivity contribution in [1.82, 2.24) is 4.98 Å². The van der Waals surface area contributed by atoms with Gasteiger partial charge in [-0.1, -0.05) is 18.5 Å². The fourth-order valence-corrected chi connectivity index (χ4v) is 1.62. The van der Waals surface area contributed by atoms with Gasteiger partial charge in [0.15, 0.2) is 0 Å². The Hall–Kier alpha value is -0.800. The summed E-state index contributed by atoms with van der Waals surface area (Å²) in [6.45, 7) is 5.90. The van der Waals surface area contributed by atoms with Gasteiger partial charge in [0.05, 0.1) is 11.6 Å². The van der Waals surface area contributed by atoms with E-state index >= 15 is 0 Å². The van der Waals surface area contributed by atoms with Crippen LogP contribution in [0.1, 0.15) is 20.3 Å². The van der Waals surface area contributed by atoms with Gasteiger partial charge in [0.2, 0.25) is 0 Å². The average Bonchev–Trinajstić information content (AvgIpc) is 2.31. The van der Waals surface area contributed by atoms with E-state index < -0.39 is 0 Å². The summed E-state index contributed by atoms with van der Waals surface area (Å²) in [5, 5.41) is 0.666. The van der Waals surface area contributed by atoms with E-state index in [0.717, 1.165) is 18.8 Å². The summed E-state index contributed by atoms with van der Waals surface area (Å²) in [7, 11) is 1.71. The lowest BCUT2D eigenvalue weighted by molar-refractivity contribution is 0.203. The highest BCUT2D eigenvalue weighted by molar-refractivity contribution is 6.30. The second-order valence-electron chi connectivity index (χ2n) is 3.78. The largest absolute Gasteiger partial charge is 0.383 e. The maximum absolute atomic E-state index is 5.83. The summed E-state index contributed by atoms with van der Waals surface area (Å²) in [6, 6.07) is 4.26. The summed E-state index contributed by atoms with van der Waals surface area (Å²) >= 11 is 5.83. The monoisotopic (exact) mass is 242 g/mol. The van der Waals surface area contributed by atoms with E-state index in [2.05, 4.69) is 23.7 Å². The highest BCUT2D eigenvalue weighted by Gasteiger charge is 2.13. The number of anilines is 1. The molecule has 0 amide bonds. The van der Waals surface area contributed by atoms with Crippen LogP contribution < -0.4 is 4.90 Å². The molecule has 1 aromatic rings. The van der Waals surface area contributed by atoms with E-state index in [0.29, 0.717) is 17.7 Å². The second-order valence-corrected chi connectivity index (χ2v) is 4.21. The molecule has 16 heavy (non-hydrogen) atoms. The molecule has 0 aliphatic carbocycles. The molecule has 0 aliphatic rings. The fraction of sp³-hybridized carbons (Fsp3) is 0.583. The third-order valence-corrected chi connectivity index (χ3v) is 2.89. The zero-order valence-electron chi connectivity index (χ0n) is 10.1. The van der Waals surface area contributed by atoms with Crippen molar-refractivity contribution in [3.63, 3.8) is 0 Å². The SMILES string of the molecule is CCC(C)N(CCOC)c1ccc(Cl)cn1. The van der Waals surface area contributed by atoms with Gasteiger partial charge in [0.1, 0.15) is 5.82 Å². The molecule has 90 valence electrons. The minimum Gasteiger partial charge on any atom is -0.383 e. The van der Waals surface area contributed by atoms with Crippen LogP contribution in [0, 0.1) is 0 Å². The van der Waals surface area contributed by atoms with E-state index in [9.17, 15) is 0 Å². The van der Waals surface area contributed by atoms with Crippen LogP contribution in [0.5, 0.6) is 0 Å². The third kappa shape index (κ3) is 3.65. The first-order chi connectivity index (χ1) is 7.69. The maximum Gasteiger partial charge on any atom is 0.128 e. The Balaban J connectivity index is 2.78. The molecule has 0 spiro atoms. The lowest BCUT2D eigenvalue weighted by atomic mass is 10.2. The van der Waals surface area contributed by atoms with Crippen molar-refractivity contribution < 1.29 is 4.74 Å². The Morgan fingerprint density at radius 1 is 1.50 bits per heavy atom. The Bertz CT molecular complexity index is 302. The lowest BCUT2D eigenvalue weighted by Gasteiger charge is -2.29. The Labute approximate surface area is 102 Å². The summed E-state index contributed by atoms with van der Waals surface area (Å²) in [6.07, 6.45) is 2.76. The predicted octanol–water partition coefficient (Wildman–Crippen LogP) is 2.99. The van der Waals surface area contributed by atoms with Crippen molar-refractivity contribution >= 4 is 17.4 Å². The van der Waals surface area contributed by atoms with Crippen molar-refractivity contribution in [3.05, 3.63) is 23.4 Å². The molecule has 3 nitrogen and oxygen atoms in total. The molecule has 0 bridgehead atoms. The maximum atomic E-state index is 5.83. The van der Waals surface area contributed by atoms with E-state index in [1.165, 1.54) is 0 Å². The van der Waals surface area contributed by atoms with Gasteiger partial charge < -0.3 is 9.64 Å². The highest BCUT2D eigenvalue weighted by Crippen LogP contribution is 2.17. The fourth-order valence-electron chi connectivity index (χ4n) is 1.51. The zero-order chi connectivity index (χ0) is 12.0. The Morgan fingerprint density at radius 3 is 2.75 bits per heavy atom. The number of rotatable bonds is 6. The summed E-state index contributed by atoms with van der Waals surface area (Å²) < 4.78 is 5.12. The van der Waals surface area contributed by atoms with E-state index in [1.807, 2.05) is 12.1 Å². The number of hydrogen-bond acceptors (Lipinski definition) is 3. The van der Waals surface area contributed by atoms with Crippen LogP contribution in [0.25, 0.3) is 0 Å². The van der Waals surface area contributed by atoms with Crippen LogP contribution in [0.2, 0.25) is 5.02 Å². The van der Waals surface area contributed by atoms with Gasteiger partial charge in [0, 0.05) is 25.9 Å². The molecule has 1 rings (SSSR count). The van der Waals surface area contributed by atoms with Crippen LogP contribution >= 0.6 is 11.6 Å². The van der Waals surface area contributed by atoms with Crippen LogP contribution in [0.4, 0.5) is 5.82 Å². The van der Waals surface area contributed by atoms with E-state index in [-0.39, 0.29) is 0 Å². The first-order valence-electron chi connectivity index (χ1n) is 5.56. The number of nitrogens with zero attached hydrogens (tertiary/aromatic N) is 2. The highest BCUT2D eigenvalue weighted by atomic mass is 35.5. The molecule has 1 aromatic heterocycles. The molecule has 0 saturated heterocycles. The summed E-state index contributed by atoms with van der Waals surface area (Å²) in [4.78, 5) is 6.57. The van der Waals surface area contributed by atoms with Crippen molar-refractivity contribution in [3.8, 4) is 0 Å². The van der Waals surface area contributed by atoms with Gasteiger partial charge in [0.25, 0.3) is 0 Å². The number of aromatic nitrogens is 1. The first kappa shape index (κ1) is 13.3. The molecule has 1 unspecified atom stereocenters. The van der Waals surface area contributed by atoms with Gasteiger partial charge in [-0.2, -0.15) is 0 Å². The lowest BCUT2D eigenvalue weighted by Crippen LogP contribution is -2.36.